The first kappa shape index (κ1) is 12.3. The Morgan fingerprint density at radius 3 is 2.95 bits per heavy atom. The molecule has 0 N–H and O–H groups in total. The van der Waals surface area contributed by atoms with Crippen LogP contribution >= 0.6 is 11.8 Å². The smallest absolute Gasteiger partial charge is 0.145 e. The fourth-order valence-corrected chi connectivity index (χ4v) is 2.84. The van der Waals surface area contributed by atoms with Crippen LogP contribution in [0.3, 0.4) is 0 Å². The maximum Gasteiger partial charge on any atom is 0.145 e. The molecule has 0 unspecified atom stereocenters. The van der Waals surface area contributed by atoms with Crippen molar-refractivity contribution in [1.29, 1.82) is 0 Å². The van der Waals surface area contributed by atoms with Crippen LogP contribution < -0.4 is 4.74 Å². The first-order chi connectivity index (χ1) is 9.31. The Kier molecular flexibility index (Phi) is 3.56. The van der Waals surface area contributed by atoms with E-state index in [9.17, 15) is 0 Å². The third-order valence-electron chi connectivity index (χ3n) is 2.95. The average Bonchev–Trinajstić information content (AvgIpc) is 2.45. The summed E-state index contributed by atoms with van der Waals surface area (Å²) in [6.07, 6.45) is 0. The summed E-state index contributed by atoms with van der Waals surface area (Å²) >= 11 is 1.75. The Morgan fingerprint density at radius 1 is 1.16 bits per heavy atom. The highest BCUT2D eigenvalue weighted by atomic mass is 32.2. The third-order valence-corrected chi connectivity index (χ3v) is 3.97. The number of aliphatic imine (C=N–C) groups is 1. The number of fused-ring (bicyclic) bond motifs is 1. The summed E-state index contributed by atoms with van der Waals surface area (Å²) < 4.78 is 5.70. The molecule has 19 heavy (non-hydrogen) atoms. The maximum atomic E-state index is 5.70. The van der Waals surface area contributed by atoms with Gasteiger partial charge in [0.2, 0.25) is 0 Å². The summed E-state index contributed by atoms with van der Waals surface area (Å²) in [5.41, 5.74) is 3.55. The number of thioether (sulfide) groups is 1. The maximum absolute atomic E-state index is 5.70. The predicted molar refractivity (Wildman–Crippen MR) is 81.5 cm³/mol. The summed E-state index contributed by atoms with van der Waals surface area (Å²) in [4.78, 5) is 4.64. The molecule has 0 spiro atoms. The van der Waals surface area contributed by atoms with Crippen LogP contribution in [-0.2, 0) is 5.75 Å². The van der Waals surface area contributed by atoms with Crippen molar-refractivity contribution in [2.24, 2.45) is 4.99 Å². The molecule has 3 rings (SSSR count). The molecule has 0 bridgehead atoms. The minimum Gasteiger partial charge on any atom is -0.484 e. The molecule has 0 atom stereocenters. The third kappa shape index (κ3) is 2.99. The first-order valence-corrected chi connectivity index (χ1v) is 7.27. The van der Waals surface area contributed by atoms with E-state index in [2.05, 4.69) is 36.2 Å². The number of hydrogen-bond acceptors (Lipinski definition) is 3. The molecular weight excluding hydrogens is 254 g/mol. The van der Waals surface area contributed by atoms with Gasteiger partial charge in [0, 0.05) is 5.75 Å². The Labute approximate surface area is 117 Å². The average molecular weight is 269 g/mol. The van der Waals surface area contributed by atoms with Crippen molar-refractivity contribution >= 4 is 22.5 Å². The summed E-state index contributed by atoms with van der Waals surface area (Å²) in [6, 6.07) is 16.5. The van der Waals surface area contributed by atoms with Crippen LogP contribution in [0.25, 0.3) is 0 Å². The summed E-state index contributed by atoms with van der Waals surface area (Å²) in [5, 5.41) is 1.04. The largest absolute Gasteiger partial charge is 0.484 e. The van der Waals surface area contributed by atoms with Crippen molar-refractivity contribution in [3.8, 4) is 5.75 Å². The Morgan fingerprint density at radius 2 is 2.05 bits per heavy atom. The lowest BCUT2D eigenvalue weighted by atomic mass is 10.2. The van der Waals surface area contributed by atoms with Gasteiger partial charge in [-0.05, 0) is 24.6 Å². The number of benzene rings is 2. The summed E-state index contributed by atoms with van der Waals surface area (Å²) in [5.74, 6) is 1.81. The highest BCUT2D eigenvalue weighted by Gasteiger charge is 2.12. The molecule has 0 aliphatic carbocycles. The number of para-hydroxylation sites is 2. The van der Waals surface area contributed by atoms with Gasteiger partial charge in [-0.25, -0.2) is 4.99 Å². The fourth-order valence-electron chi connectivity index (χ4n) is 2.02. The van der Waals surface area contributed by atoms with Crippen molar-refractivity contribution < 1.29 is 4.74 Å². The Balaban J connectivity index is 1.70. The molecule has 3 heteroatoms. The minimum atomic E-state index is 0.577. The topological polar surface area (TPSA) is 21.6 Å². The van der Waals surface area contributed by atoms with E-state index >= 15 is 0 Å². The van der Waals surface area contributed by atoms with E-state index in [4.69, 9.17) is 4.74 Å². The molecule has 0 saturated carbocycles. The van der Waals surface area contributed by atoms with E-state index in [-0.39, 0.29) is 0 Å². The SMILES string of the molecule is Cc1cccc(CSC2=Nc3ccccc3OC2)c1. The summed E-state index contributed by atoms with van der Waals surface area (Å²) in [6.45, 7) is 2.69. The molecule has 0 radical (unpaired) electrons. The van der Waals surface area contributed by atoms with Crippen LogP contribution in [0.1, 0.15) is 11.1 Å². The van der Waals surface area contributed by atoms with Crippen molar-refractivity contribution in [3.63, 3.8) is 0 Å². The zero-order chi connectivity index (χ0) is 13.1. The van der Waals surface area contributed by atoms with E-state index < -0.39 is 0 Å². The minimum absolute atomic E-state index is 0.577. The van der Waals surface area contributed by atoms with E-state index in [1.165, 1.54) is 11.1 Å². The van der Waals surface area contributed by atoms with Gasteiger partial charge < -0.3 is 4.74 Å². The van der Waals surface area contributed by atoms with Crippen LogP contribution in [0.2, 0.25) is 0 Å². The van der Waals surface area contributed by atoms with Gasteiger partial charge in [0.05, 0.1) is 0 Å². The number of hydrogen-bond donors (Lipinski definition) is 0. The van der Waals surface area contributed by atoms with E-state index in [1.54, 1.807) is 11.8 Å². The van der Waals surface area contributed by atoms with E-state index in [0.29, 0.717) is 6.61 Å². The highest BCUT2D eigenvalue weighted by Crippen LogP contribution is 2.32. The van der Waals surface area contributed by atoms with Crippen LogP contribution in [-0.4, -0.2) is 11.7 Å². The molecule has 1 aliphatic heterocycles. The molecule has 1 aliphatic rings. The molecule has 2 nitrogen and oxygen atoms in total. The van der Waals surface area contributed by atoms with Crippen LogP contribution in [0.4, 0.5) is 5.69 Å². The second-order valence-electron chi connectivity index (χ2n) is 4.54. The molecule has 0 saturated heterocycles. The standard InChI is InChI=1S/C16H15NOS/c1-12-5-4-6-13(9-12)11-19-16-10-18-15-8-3-2-7-14(15)17-16/h2-9H,10-11H2,1H3. The van der Waals surface area contributed by atoms with Gasteiger partial charge in [-0.15, -0.1) is 11.8 Å². The van der Waals surface area contributed by atoms with Crippen LogP contribution in [0.5, 0.6) is 5.75 Å². The number of aryl methyl sites for hydroxylation is 1. The quantitative estimate of drug-likeness (QED) is 0.808. The van der Waals surface area contributed by atoms with Gasteiger partial charge in [-0.3, -0.25) is 0 Å². The van der Waals surface area contributed by atoms with Crippen molar-refractivity contribution in [2.45, 2.75) is 12.7 Å². The number of nitrogens with zero attached hydrogens (tertiary/aromatic N) is 1. The van der Waals surface area contributed by atoms with Crippen molar-refractivity contribution in [2.75, 3.05) is 6.61 Å². The van der Waals surface area contributed by atoms with Gasteiger partial charge in [0.25, 0.3) is 0 Å². The normalized spacial score (nSPS) is 13.4. The highest BCUT2D eigenvalue weighted by molar-refractivity contribution is 8.13. The van der Waals surface area contributed by atoms with Gasteiger partial charge in [0.15, 0.2) is 0 Å². The van der Waals surface area contributed by atoms with E-state index in [0.717, 1.165) is 22.2 Å². The second-order valence-corrected chi connectivity index (χ2v) is 5.59. The predicted octanol–water partition coefficient (Wildman–Crippen LogP) is 4.35. The molecule has 96 valence electrons. The lowest BCUT2D eigenvalue weighted by molar-refractivity contribution is 0.375. The zero-order valence-electron chi connectivity index (χ0n) is 10.8. The van der Waals surface area contributed by atoms with Gasteiger partial charge in [0.1, 0.15) is 23.1 Å². The zero-order valence-corrected chi connectivity index (χ0v) is 11.6. The Hall–Kier alpha value is -1.74. The second kappa shape index (κ2) is 5.49. The lowest BCUT2D eigenvalue weighted by Gasteiger charge is -2.16. The molecule has 2 aromatic carbocycles. The number of rotatable bonds is 2. The molecule has 2 aromatic rings. The Bertz CT molecular complexity index is 622. The van der Waals surface area contributed by atoms with Gasteiger partial charge in [-0.1, -0.05) is 42.0 Å². The molecule has 1 heterocycles. The summed E-state index contributed by atoms with van der Waals surface area (Å²) in [7, 11) is 0. The molecule has 0 fully saturated rings. The number of ether oxygens (including phenoxy) is 1. The lowest BCUT2D eigenvalue weighted by Crippen LogP contribution is -2.11. The van der Waals surface area contributed by atoms with E-state index in [1.807, 2.05) is 24.3 Å². The molecule has 0 amide bonds. The van der Waals surface area contributed by atoms with Crippen molar-refractivity contribution in [3.05, 3.63) is 59.7 Å². The first-order valence-electron chi connectivity index (χ1n) is 6.29. The van der Waals surface area contributed by atoms with Gasteiger partial charge >= 0.3 is 0 Å². The van der Waals surface area contributed by atoms with Gasteiger partial charge in [-0.2, -0.15) is 0 Å². The van der Waals surface area contributed by atoms with Crippen LogP contribution in [0, 0.1) is 6.92 Å². The monoisotopic (exact) mass is 269 g/mol. The molecule has 0 aromatic heterocycles. The molecular formula is C16H15NOS. The van der Waals surface area contributed by atoms with Crippen molar-refractivity contribution in [1.82, 2.24) is 0 Å². The fraction of sp³-hybridized carbons (Fsp3) is 0.188. The van der Waals surface area contributed by atoms with Crippen LogP contribution in [0.15, 0.2) is 53.5 Å².